The number of ether oxygens (including phenoxy) is 1. The molecular weight excluding hydrogens is 267 g/mol. The maximum absolute atomic E-state index is 13.1. The molecule has 0 aliphatic heterocycles. The molecular formula is C15H14ClFO2. The summed E-state index contributed by atoms with van der Waals surface area (Å²) in [5.41, 5.74) is 1.35. The Morgan fingerprint density at radius 2 is 2.05 bits per heavy atom. The number of halogens is 2. The van der Waals surface area contributed by atoms with Crippen molar-refractivity contribution in [1.29, 1.82) is 0 Å². The zero-order valence-electron chi connectivity index (χ0n) is 10.4. The van der Waals surface area contributed by atoms with Crippen molar-refractivity contribution in [3.63, 3.8) is 0 Å². The van der Waals surface area contributed by atoms with Crippen molar-refractivity contribution < 1.29 is 14.2 Å². The minimum Gasteiger partial charge on any atom is -0.489 e. The predicted molar refractivity (Wildman–Crippen MR) is 72.8 cm³/mol. The molecule has 0 aliphatic carbocycles. The van der Waals surface area contributed by atoms with Crippen LogP contribution in [-0.2, 0) is 6.61 Å². The molecule has 1 atom stereocenters. The fourth-order valence-corrected chi connectivity index (χ4v) is 1.85. The van der Waals surface area contributed by atoms with Gasteiger partial charge in [0.1, 0.15) is 18.2 Å². The van der Waals surface area contributed by atoms with Gasteiger partial charge in [-0.05, 0) is 42.8 Å². The first-order valence-electron chi connectivity index (χ1n) is 5.91. The molecule has 2 aromatic carbocycles. The molecule has 0 aliphatic rings. The van der Waals surface area contributed by atoms with Crippen LogP contribution in [-0.4, -0.2) is 5.11 Å². The normalized spacial score (nSPS) is 12.2. The van der Waals surface area contributed by atoms with E-state index in [0.717, 1.165) is 5.56 Å². The number of rotatable bonds is 4. The standard InChI is InChI=1S/C15H14ClFO2/c1-10(18)11-3-2-4-14(8-11)19-9-12-7-13(17)5-6-15(12)16/h2-8,10,18H,9H2,1H3. The lowest BCUT2D eigenvalue weighted by Gasteiger charge is -2.10. The molecule has 0 bridgehead atoms. The summed E-state index contributed by atoms with van der Waals surface area (Å²) in [6.07, 6.45) is -0.554. The van der Waals surface area contributed by atoms with E-state index < -0.39 is 6.10 Å². The average molecular weight is 281 g/mol. The van der Waals surface area contributed by atoms with Gasteiger partial charge in [-0.2, -0.15) is 0 Å². The molecule has 0 saturated carbocycles. The monoisotopic (exact) mass is 280 g/mol. The Morgan fingerprint density at radius 1 is 1.26 bits per heavy atom. The molecule has 0 spiro atoms. The molecule has 2 rings (SSSR count). The highest BCUT2D eigenvalue weighted by molar-refractivity contribution is 6.31. The van der Waals surface area contributed by atoms with E-state index >= 15 is 0 Å². The Kier molecular flexibility index (Phi) is 4.40. The Morgan fingerprint density at radius 3 is 2.79 bits per heavy atom. The Labute approximate surface area is 116 Å². The minimum absolute atomic E-state index is 0.180. The number of hydrogen-bond acceptors (Lipinski definition) is 2. The Balaban J connectivity index is 2.10. The van der Waals surface area contributed by atoms with Crippen molar-refractivity contribution in [3.8, 4) is 5.75 Å². The van der Waals surface area contributed by atoms with E-state index in [1.54, 1.807) is 25.1 Å². The molecule has 0 aromatic heterocycles. The maximum Gasteiger partial charge on any atom is 0.123 e. The first kappa shape index (κ1) is 13.8. The second-order valence-corrected chi connectivity index (χ2v) is 4.68. The molecule has 0 saturated heterocycles. The average Bonchev–Trinajstić information content (AvgIpc) is 2.40. The van der Waals surface area contributed by atoms with Crippen molar-refractivity contribution in [2.45, 2.75) is 19.6 Å². The van der Waals surface area contributed by atoms with Crippen molar-refractivity contribution in [3.05, 3.63) is 64.4 Å². The molecule has 2 nitrogen and oxygen atoms in total. The minimum atomic E-state index is -0.554. The third-order valence-electron chi connectivity index (χ3n) is 2.74. The van der Waals surface area contributed by atoms with Gasteiger partial charge < -0.3 is 9.84 Å². The van der Waals surface area contributed by atoms with Crippen LogP contribution in [0, 0.1) is 5.82 Å². The molecule has 1 N–H and O–H groups in total. The number of hydrogen-bond donors (Lipinski definition) is 1. The molecule has 0 heterocycles. The van der Waals surface area contributed by atoms with Crippen LogP contribution in [0.25, 0.3) is 0 Å². The van der Waals surface area contributed by atoms with Gasteiger partial charge in [-0.25, -0.2) is 4.39 Å². The predicted octanol–water partition coefficient (Wildman–Crippen LogP) is 4.11. The van der Waals surface area contributed by atoms with E-state index in [1.165, 1.54) is 18.2 Å². The Bertz CT molecular complexity index is 570. The molecule has 1 unspecified atom stereocenters. The zero-order valence-corrected chi connectivity index (χ0v) is 11.2. The first-order chi connectivity index (χ1) is 9.06. The van der Waals surface area contributed by atoms with Gasteiger partial charge in [-0.15, -0.1) is 0 Å². The van der Waals surface area contributed by atoms with Gasteiger partial charge in [0.25, 0.3) is 0 Å². The second kappa shape index (κ2) is 6.04. The summed E-state index contributed by atoms with van der Waals surface area (Å²) in [6.45, 7) is 1.86. The third kappa shape index (κ3) is 3.69. The van der Waals surface area contributed by atoms with E-state index in [2.05, 4.69) is 0 Å². The van der Waals surface area contributed by atoms with Crippen LogP contribution >= 0.6 is 11.6 Å². The molecule has 19 heavy (non-hydrogen) atoms. The number of benzene rings is 2. The van der Waals surface area contributed by atoms with Gasteiger partial charge in [-0.1, -0.05) is 23.7 Å². The van der Waals surface area contributed by atoms with Gasteiger partial charge in [-0.3, -0.25) is 0 Å². The maximum atomic E-state index is 13.1. The summed E-state index contributed by atoms with van der Waals surface area (Å²) >= 11 is 5.96. The molecule has 4 heteroatoms. The summed E-state index contributed by atoms with van der Waals surface area (Å²) in [6, 6.07) is 11.3. The highest BCUT2D eigenvalue weighted by atomic mass is 35.5. The van der Waals surface area contributed by atoms with Crippen LogP contribution in [0.4, 0.5) is 4.39 Å². The van der Waals surface area contributed by atoms with E-state index in [4.69, 9.17) is 16.3 Å². The van der Waals surface area contributed by atoms with Gasteiger partial charge in [0, 0.05) is 10.6 Å². The number of aliphatic hydroxyl groups excluding tert-OH is 1. The highest BCUT2D eigenvalue weighted by Crippen LogP contribution is 2.22. The van der Waals surface area contributed by atoms with Crippen molar-refractivity contribution >= 4 is 11.6 Å². The van der Waals surface area contributed by atoms with Crippen molar-refractivity contribution in [1.82, 2.24) is 0 Å². The second-order valence-electron chi connectivity index (χ2n) is 4.27. The van der Waals surface area contributed by atoms with E-state index in [9.17, 15) is 9.50 Å². The summed E-state index contributed by atoms with van der Waals surface area (Å²) in [4.78, 5) is 0. The lowest BCUT2D eigenvalue weighted by molar-refractivity contribution is 0.198. The smallest absolute Gasteiger partial charge is 0.123 e. The first-order valence-corrected chi connectivity index (χ1v) is 6.29. The lowest BCUT2D eigenvalue weighted by atomic mass is 10.1. The van der Waals surface area contributed by atoms with Crippen LogP contribution in [0.3, 0.4) is 0 Å². The van der Waals surface area contributed by atoms with Gasteiger partial charge in [0.05, 0.1) is 6.10 Å². The fraction of sp³-hybridized carbons (Fsp3) is 0.200. The quantitative estimate of drug-likeness (QED) is 0.913. The topological polar surface area (TPSA) is 29.5 Å². The summed E-state index contributed by atoms with van der Waals surface area (Å²) < 4.78 is 18.7. The highest BCUT2D eigenvalue weighted by Gasteiger charge is 2.05. The van der Waals surface area contributed by atoms with Crippen LogP contribution < -0.4 is 4.74 Å². The van der Waals surface area contributed by atoms with E-state index in [1.807, 2.05) is 6.07 Å². The van der Waals surface area contributed by atoms with Crippen LogP contribution in [0.5, 0.6) is 5.75 Å². The van der Waals surface area contributed by atoms with Crippen LogP contribution in [0.1, 0.15) is 24.2 Å². The van der Waals surface area contributed by atoms with Crippen molar-refractivity contribution in [2.24, 2.45) is 0 Å². The van der Waals surface area contributed by atoms with Crippen LogP contribution in [0.2, 0.25) is 5.02 Å². The summed E-state index contributed by atoms with van der Waals surface area (Å²) in [7, 11) is 0. The SMILES string of the molecule is CC(O)c1cccc(OCc2cc(F)ccc2Cl)c1. The fourth-order valence-electron chi connectivity index (χ4n) is 1.68. The van der Waals surface area contributed by atoms with E-state index in [0.29, 0.717) is 16.3 Å². The lowest BCUT2D eigenvalue weighted by Crippen LogP contribution is -1.98. The number of aliphatic hydroxyl groups is 1. The largest absolute Gasteiger partial charge is 0.489 e. The van der Waals surface area contributed by atoms with Gasteiger partial charge in [0.2, 0.25) is 0 Å². The van der Waals surface area contributed by atoms with Crippen LogP contribution in [0.15, 0.2) is 42.5 Å². The summed E-state index contributed by atoms with van der Waals surface area (Å²) in [5.74, 6) is 0.263. The van der Waals surface area contributed by atoms with Crippen molar-refractivity contribution in [2.75, 3.05) is 0 Å². The van der Waals surface area contributed by atoms with E-state index in [-0.39, 0.29) is 12.4 Å². The molecule has 2 aromatic rings. The summed E-state index contributed by atoms with van der Waals surface area (Å²) in [5, 5.41) is 9.95. The zero-order chi connectivity index (χ0) is 13.8. The molecule has 0 amide bonds. The van der Waals surface area contributed by atoms with Gasteiger partial charge >= 0.3 is 0 Å². The Hall–Kier alpha value is -1.58. The molecule has 0 radical (unpaired) electrons. The molecule has 100 valence electrons. The molecule has 0 fully saturated rings. The third-order valence-corrected chi connectivity index (χ3v) is 3.11. The van der Waals surface area contributed by atoms with Gasteiger partial charge in [0.15, 0.2) is 0 Å².